The molecule has 0 radical (unpaired) electrons. The number of carbonyl (C=O) groups is 2. The Morgan fingerprint density at radius 1 is 0.941 bits per heavy atom. The molecule has 0 saturated carbocycles. The van der Waals surface area contributed by atoms with Gasteiger partial charge in [-0.25, -0.2) is 18.8 Å². The van der Waals surface area contributed by atoms with Crippen LogP contribution in [0.4, 0.5) is 4.39 Å². The molecule has 0 unspecified atom stereocenters. The molecular formula is C24H26FN3O6. The number of nitrogens with one attached hydrogen (secondary N) is 1. The largest absolute Gasteiger partial charge is 0.473 e. The highest BCUT2D eigenvalue weighted by Gasteiger charge is 2.20. The lowest BCUT2D eigenvalue weighted by atomic mass is 9.90. The van der Waals surface area contributed by atoms with E-state index in [1.165, 1.54) is 22.3 Å². The van der Waals surface area contributed by atoms with Crippen LogP contribution in [0.15, 0.2) is 58.1 Å². The van der Waals surface area contributed by atoms with Gasteiger partial charge in [0.1, 0.15) is 5.82 Å². The minimum atomic E-state index is -1.82. The standard InChI is InChI=1S/C22H24FN3O2.C2H2O4/c23-18-7-5-16(6-8-18)15-17-9-11-25(12-10-17)13-14-26-21(27)19-3-1-2-4-20(19)24-22(26)28;3-1(4)2(5)6/h1-8,17H,9-15H2,(H,24,28);(H,3,4)(H,5,6). The monoisotopic (exact) mass is 471 g/mol. The van der Waals surface area contributed by atoms with E-state index in [1.54, 1.807) is 24.3 Å². The number of aliphatic carboxylic acids is 2. The average Bonchev–Trinajstić information content (AvgIpc) is 2.82. The topological polar surface area (TPSA) is 133 Å². The molecule has 2 heterocycles. The SMILES string of the molecule is O=C(O)C(=O)O.O=c1[nH]c2ccccc2c(=O)n1CCN1CCC(Cc2ccc(F)cc2)CC1. The van der Waals surface area contributed by atoms with Gasteiger partial charge in [0.2, 0.25) is 0 Å². The summed E-state index contributed by atoms with van der Waals surface area (Å²) in [7, 11) is 0. The van der Waals surface area contributed by atoms with Crippen molar-refractivity contribution in [2.75, 3.05) is 19.6 Å². The van der Waals surface area contributed by atoms with Crippen LogP contribution in [-0.2, 0) is 22.6 Å². The first-order valence-corrected chi connectivity index (χ1v) is 10.9. The smallest absolute Gasteiger partial charge is 0.414 e. The van der Waals surface area contributed by atoms with Gasteiger partial charge in [-0.05, 0) is 68.1 Å². The maximum absolute atomic E-state index is 13.0. The predicted molar refractivity (Wildman–Crippen MR) is 123 cm³/mol. The summed E-state index contributed by atoms with van der Waals surface area (Å²) < 4.78 is 14.3. The van der Waals surface area contributed by atoms with Crippen LogP contribution in [0.2, 0.25) is 0 Å². The summed E-state index contributed by atoms with van der Waals surface area (Å²) in [5, 5.41) is 15.3. The van der Waals surface area contributed by atoms with Crippen molar-refractivity contribution in [3.8, 4) is 0 Å². The van der Waals surface area contributed by atoms with E-state index in [2.05, 4.69) is 9.88 Å². The average molecular weight is 471 g/mol. The Labute approximate surface area is 194 Å². The van der Waals surface area contributed by atoms with E-state index in [1.807, 2.05) is 12.1 Å². The van der Waals surface area contributed by atoms with Crippen LogP contribution in [0.5, 0.6) is 0 Å². The first-order chi connectivity index (χ1) is 16.2. The molecule has 10 heteroatoms. The van der Waals surface area contributed by atoms with Gasteiger partial charge in [-0.1, -0.05) is 24.3 Å². The molecule has 0 spiro atoms. The van der Waals surface area contributed by atoms with Crippen molar-refractivity contribution >= 4 is 22.8 Å². The molecule has 2 aromatic carbocycles. The van der Waals surface area contributed by atoms with Gasteiger partial charge in [0.15, 0.2) is 0 Å². The number of carboxylic acid groups (broad SMARTS) is 2. The highest BCUT2D eigenvalue weighted by molar-refractivity contribution is 6.27. The Morgan fingerprint density at radius 3 is 2.18 bits per heavy atom. The van der Waals surface area contributed by atoms with E-state index in [0.717, 1.165) is 32.4 Å². The van der Waals surface area contributed by atoms with E-state index in [-0.39, 0.29) is 17.1 Å². The van der Waals surface area contributed by atoms with Crippen LogP contribution in [-0.4, -0.2) is 56.2 Å². The number of hydrogen-bond donors (Lipinski definition) is 3. The fraction of sp³-hybridized carbons (Fsp3) is 0.333. The Bertz CT molecular complexity index is 1250. The second kappa shape index (κ2) is 11.4. The number of H-pyrrole nitrogens is 1. The Morgan fingerprint density at radius 2 is 1.56 bits per heavy atom. The summed E-state index contributed by atoms with van der Waals surface area (Å²) in [5.41, 5.74) is 1.17. The number of carboxylic acids is 2. The molecule has 3 N–H and O–H groups in total. The number of para-hydroxylation sites is 1. The number of piperidine rings is 1. The summed E-state index contributed by atoms with van der Waals surface area (Å²) in [5.74, 6) is -3.25. The Hall–Kier alpha value is -3.79. The quantitative estimate of drug-likeness (QED) is 0.485. The molecule has 1 fully saturated rings. The second-order valence-electron chi connectivity index (χ2n) is 8.16. The van der Waals surface area contributed by atoms with E-state index in [9.17, 15) is 14.0 Å². The van der Waals surface area contributed by atoms with Gasteiger partial charge in [-0.2, -0.15) is 0 Å². The highest BCUT2D eigenvalue weighted by atomic mass is 19.1. The van der Waals surface area contributed by atoms with Gasteiger partial charge >= 0.3 is 17.6 Å². The lowest BCUT2D eigenvalue weighted by Crippen LogP contribution is -2.41. The number of aromatic amines is 1. The lowest BCUT2D eigenvalue weighted by molar-refractivity contribution is -0.159. The molecular weight excluding hydrogens is 445 g/mol. The Kier molecular flexibility index (Phi) is 8.31. The number of fused-ring (bicyclic) bond motifs is 1. The summed E-state index contributed by atoms with van der Waals surface area (Å²) in [6, 6.07) is 13.8. The van der Waals surface area contributed by atoms with Crippen LogP contribution in [0.1, 0.15) is 18.4 Å². The maximum atomic E-state index is 13.0. The van der Waals surface area contributed by atoms with Crippen molar-refractivity contribution in [1.29, 1.82) is 0 Å². The molecule has 34 heavy (non-hydrogen) atoms. The normalized spacial score (nSPS) is 14.4. The van der Waals surface area contributed by atoms with Crippen LogP contribution >= 0.6 is 0 Å². The summed E-state index contributed by atoms with van der Waals surface area (Å²) in [6.07, 6.45) is 3.11. The molecule has 9 nitrogen and oxygen atoms in total. The van der Waals surface area contributed by atoms with Crippen molar-refractivity contribution < 1.29 is 24.2 Å². The first kappa shape index (κ1) is 24.8. The number of rotatable bonds is 5. The van der Waals surface area contributed by atoms with Crippen molar-refractivity contribution in [2.45, 2.75) is 25.8 Å². The number of benzene rings is 2. The van der Waals surface area contributed by atoms with Gasteiger partial charge in [-0.15, -0.1) is 0 Å². The third-order valence-corrected chi connectivity index (χ3v) is 5.86. The number of halogens is 1. The van der Waals surface area contributed by atoms with Crippen LogP contribution < -0.4 is 11.2 Å². The maximum Gasteiger partial charge on any atom is 0.414 e. The van der Waals surface area contributed by atoms with Crippen LogP contribution in [0.3, 0.4) is 0 Å². The molecule has 4 rings (SSSR count). The van der Waals surface area contributed by atoms with Crippen LogP contribution in [0.25, 0.3) is 10.9 Å². The van der Waals surface area contributed by atoms with Gasteiger partial charge in [0, 0.05) is 13.1 Å². The van der Waals surface area contributed by atoms with Crippen molar-refractivity contribution in [3.63, 3.8) is 0 Å². The van der Waals surface area contributed by atoms with Crippen molar-refractivity contribution in [1.82, 2.24) is 14.5 Å². The summed E-state index contributed by atoms with van der Waals surface area (Å²) in [4.78, 5) is 48.2. The zero-order valence-electron chi connectivity index (χ0n) is 18.4. The predicted octanol–water partition coefficient (Wildman–Crippen LogP) is 1.94. The molecule has 180 valence electrons. The molecule has 1 aliphatic heterocycles. The number of hydrogen-bond acceptors (Lipinski definition) is 5. The summed E-state index contributed by atoms with van der Waals surface area (Å²) in [6.45, 7) is 2.98. The van der Waals surface area contributed by atoms with Crippen molar-refractivity contribution in [3.05, 3.63) is 80.7 Å². The fourth-order valence-electron chi connectivity index (χ4n) is 4.01. The molecule has 1 saturated heterocycles. The zero-order chi connectivity index (χ0) is 24.7. The number of nitrogens with zero attached hydrogens (tertiary/aromatic N) is 2. The van der Waals surface area contributed by atoms with E-state index >= 15 is 0 Å². The van der Waals surface area contributed by atoms with Gasteiger partial charge in [-0.3, -0.25) is 9.36 Å². The number of aromatic nitrogens is 2. The lowest BCUT2D eigenvalue weighted by Gasteiger charge is -2.32. The molecule has 0 atom stereocenters. The zero-order valence-corrected chi connectivity index (χ0v) is 18.4. The van der Waals surface area contributed by atoms with Crippen molar-refractivity contribution in [2.24, 2.45) is 5.92 Å². The molecule has 0 aliphatic carbocycles. The van der Waals surface area contributed by atoms with E-state index in [4.69, 9.17) is 19.8 Å². The molecule has 3 aromatic rings. The number of likely N-dealkylation sites (tertiary alicyclic amines) is 1. The van der Waals surface area contributed by atoms with Gasteiger partial charge < -0.3 is 20.1 Å². The Balaban J connectivity index is 0.000000481. The third-order valence-electron chi connectivity index (χ3n) is 5.86. The minimum Gasteiger partial charge on any atom is -0.473 e. The second-order valence-corrected chi connectivity index (χ2v) is 8.16. The molecule has 0 amide bonds. The van der Waals surface area contributed by atoms with E-state index < -0.39 is 11.9 Å². The molecule has 1 aromatic heterocycles. The van der Waals surface area contributed by atoms with E-state index in [0.29, 0.717) is 29.9 Å². The van der Waals surface area contributed by atoms with Crippen LogP contribution in [0, 0.1) is 11.7 Å². The molecule has 0 bridgehead atoms. The van der Waals surface area contributed by atoms with Gasteiger partial charge in [0.05, 0.1) is 10.9 Å². The highest BCUT2D eigenvalue weighted by Crippen LogP contribution is 2.21. The minimum absolute atomic E-state index is 0.197. The fourth-order valence-corrected chi connectivity index (χ4v) is 4.01. The summed E-state index contributed by atoms with van der Waals surface area (Å²) >= 11 is 0. The third kappa shape index (κ3) is 6.61. The van der Waals surface area contributed by atoms with Gasteiger partial charge in [0.25, 0.3) is 5.56 Å². The first-order valence-electron chi connectivity index (χ1n) is 10.9. The molecule has 1 aliphatic rings.